The van der Waals surface area contributed by atoms with Gasteiger partial charge in [0.25, 0.3) is 0 Å². The molecule has 2 rings (SSSR count). The summed E-state index contributed by atoms with van der Waals surface area (Å²) >= 11 is 0. The summed E-state index contributed by atoms with van der Waals surface area (Å²) in [5, 5.41) is 4.08. The van der Waals surface area contributed by atoms with Crippen LogP contribution in [0.1, 0.15) is 33.6 Å². The summed E-state index contributed by atoms with van der Waals surface area (Å²) in [5.41, 5.74) is 1.03. The second-order valence-electron chi connectivity index (χ2n) is 5.32. The van der Waals surface area contributed by atoms with Gasteiger partial charge in [-0.25, -0.2) is 0 Å². The van der Waals surface area contributed by atoms with Gasteiger partial charge in [0.2, 0.25) is 5.91 Å². The van der Waals surface area contributed by atoms with Gasteiger partial charge in [-0.05, 0) is 38.5 Å². The van der Waals surface area contributed by atoms with Crippen molar-refractivity contribution in [2.24, 2.45) is 0 Å². The van der Waals surface area contributed by atoms with E-state index in [2.05, 4.69) is 12.2 Å². The summed E-state index contributed by atoms with van der Waals surface area (Å²) in [4.78, 5) is 12.1. The molecule has 0 bridgehead atoms. The van der Waals surface area contributed by atoms with Crippen LogP contribution in [0.4, 0.5) is 0 Å². The molecule has 0 saturated carbocycles. The molecule has 0 saturated heterocycles. The molecule has 0 aliphatic carbocycles. The van der Waals surface area contributed by atoms with Crippen LogP contribution in [0.2, 0.25) is 0 Å². The van der Waals surface area contributed by atoms with E-state index in [-0.39, 0.29) is 11.9 Å². The van der Waals surface area contributed by atoms with Gasteiger partial charge in [-0.3, -0.25) is 4.79 Å². The number of nitrogens with zero attached hydrogens (tertiary/aromatic N) is 1. The first-order chi connectivity index (χ1) is 10.2. The van der Waals surface area contributed by atoms with E-state index in [0.29, 0.717) is 13.2 Å². The Bertz CT molecular complexity index is 604. The molecule has 1 N–H and O–H groups in total. The minimum atomic E-state index is 0.0512. The normalized spacial score (nSPS) is 12.3. The molecule has 1 unspecified atom stereocenters. The molecule has 0 aliphatic heterocycles. The van der Waals surface area contributed by atoms with E-state index in [4.69, 9.17) is 4.74 Å². The Hall–Kier alpha value is -1.97. The molecule has 1 amide bonds. The van der Waals surface area contributed by atoms with Gasteiger partial charge in [0.15, 0.2) is 0 Å². The standard InChI is InChI=1S/C17H24N2O2/c1-4-7-13(3)18-17(20)12-19-11-10-14-15(19)8-6-9-16(14)21-5-2/h6,8-11,13H,4-5,7,12H2,1-3H3,(H,18,20). The van der Waals surface area contributed by atoms with Gasteiger partial charge in [-0.2, -0.15) is 0 Å². The zero-order valence-electron chi connectivity index (χ0n) is 13.1. The molecule has 1 heterocycles. The van der Waals surface area contributed by atoms with Crippen molar-refractivity contribution >= 4 is 16.8 Å². The lowest BCUT2D eigenvalue weighted by atomic mass is 10.2. The molecule has 0 aliphatic rings. The first kappa shape index (κ1) is 15.4. The fourth-order valence-electron chi connectivity index (χ4n) is 2.59. The predicted molar refractivity (Wildman–Crippen MR) is 85.6 cm³/mol. The van der Waals surface area contributed by atoms with E-state index in [1.165, 1.54) is 0 Å². The minimum Gasteiger partial charge on any atom is -0.493 e. The first-order valence-electron chi connectivity index (χ1n) is 7.65. The average Bonchev–Trinajstić information content (AvgIpc) is 2.83. The average molecular weight is 288 g/mol. The zero-order valence-corrected chi connectivity index (χ0v) is 13.1. The van der Waals surface area contributed by atoms with E-state index in [1.54, 1.807) is 0 Å². The summed E-state index contributed by atoms with van der Waals surface area (Å²) in [6, 6.07) is 8.16. The van der Waals surface area contributed by atoms with Crippen LogP contribution in [-0.2, 0) is 11.3 Å². The maximum Gasteiger partial charge on any atom is 0.240 e. The topological polar surface area (TPSA) is 43.3 Å². The zero-order chi connectivity index (χ0) is 15.2. The highest BCUT2D eigenvalue weighted by Crippen LogP contribution is 2.26. The minimum absolute atomic E-state index is 0.0512. The Morgan fingerprint density at radius 3 is 2.86 bits per heavy atom. The monoisotopic (exact) mass is 288 g/mol. The maximum absolute atomic E-state index is 12.1. The highest BCUT2D eigenvalue weighted by atomic mass is 16.5. The summed E-state index contributed by atoms with van der Waals surface area (Å²) in [5.74, 6) is 0.920. The molecule has 4 heteroatoms. The van der Waals surface area contributed by atoms with Crippen LogP contribution in [0.25, 0.3) is 10.9 Å². The van der Waals surface area contributed by atoms with E-state index in [1.807, 2.05) is 48.9 Å². The SMILES string of the molecule is CCCC(C)NC(=O)Cn1ccc2c(OCC)cccc21. The van der Waals surface area contributed by atoms with Crippen LogP contribution in [-0.4, -0.2) is 23.1 Å². The summed E-state index contributed by atoms with van der Waals surface area (Å²) in [6.07, 6.45) is 4.02. The molecular formula is C17H24N2O2. The van der Waals surface area contributed by atoms with Crippen molar-refractivity contribution in [3.63, 3.8) is 0 Å². The smallest absolute Gasteiger partial charge is 0.240 e. The maximum atomic E-state index is 12.1. The Morgan fingerprint density at radius 2 is 2.14 bits per heavy atom. The fourth-order valence-corrected chi connectivity index (χ4v) is 2.59. The summed E-state index contributed by atoms with van der Waals surface area (Å²) in [7, 11) is 0. The lowest BCUT2D eigenvalue weighted by molar-refractivity contribution is -0.122. The third-order valence-corrected chi connectivity index (χ3v) is 3.52. The number of amides is 1. The van der Waals surface area contributed by atoms with Gasteiger partial charge in [0.1, 0.15) is 12.3 Å². The molecule has 0 radical (unpaired) electrons. The van der Waals surface area contributed by atoms with Gasteiger partial charge in [0.05, 0.1) is 12.1 Å². The number of hydrogen-bond acceptors (Lipinski definition) is 2. The van der Waals surface area contributed by atoms with Crippen molar-refractivity contribution in [1.82, 2.24) is 9.88 Å². The van der Waals surface area contributed by atoms with Crippen molar-refractivity contribution in [2.75, 3.05) is 6.61 Å². The van der Waals surface area contributed by atoms with Crippen LogP contribution < -0.4 is 10.1 Å². The quantitative estimate of drug-likeness (QED) is 0.849. The van der Waals surface area contributed by atoms with E-state index >= 15 is 0 Å². The van der Waals surface area contributed by atoms with Gasteiger partial charge in [-0.15, -0.1) is 0 Å². The number of benzene rings is 1. The molecule has 0 fully saturated rings. The molecule has 0 spiro atoms. The van der Waals surface area contributed by atoms with Crippen LogP contribution in [0.5, 0.6) is 5.75 Å². The Labute approximate surface area is 126 Å². The van der Waals surface area contributed by atoms with Crippen LogP contribution in [0.15, 0.2) is 30.5 Å². The third-order valence-electron chi connectivity index (χ3n) is 3.52. The van der Waals surface area contributed by atoms with Crippen LogP contribution >= 0.6 is 0 Å². The summed E-state index contributed by atoms with van der Waals surface area (Å²) in [6.45, 7) is 7.12. The van der Waals surface area contributed by atoms with E-state index in [0.717, 1.165) is 29.5 Å². The largest absolute Gasteiger partial charge is 0.493 e. The Morgan fingerprint density at radius 1 is 1.33 bits per heavy atom. The molecule has 1 atom stereocenters. The van der Waals surface area contributed by atoms with Gasteiger partial charge < -0.3 is 14.6 Å². The van der Waals surface area contributed by atoms with E-state index in [9.17, 15) is 4.79 Å². The number of nitrogens with one attached hydrogen (secondary N) is 1. The number of fused-ring (bicyclic) bond motifs is 1. The van der Waals surface area contributed by atoms with Crippen molar-refractivity contribution < 1.29 is 9.53 Å². The Balaban J connectivity index is 2.12. The number of rotatable bonds is 7. The first-order valence-corrected chi connectivity index (χ1v) is 7.65. The second kappa shape index (κ2) is 7.16. The van der Waals surface area contributed by atoms with Crippen molar-refractivity contribution in [2.45, 2.75) is 46.2 Å². The molecule has 4 nitrogen and oxygen atoms in total. The van der Waals surface area contributed by atoms with Gasteiger partial charge in [-0.1, -0.05) is 19.4 Å². The van der Waals surface area contributed by atoms with Crippen molar-refractivity contribution in [1.29, 1.82) is 0 Å². The molecule has 21 heavy (non-hydrogen) atoms. The second-order valence-corrected chi connectivity index (χ2v) is 5.32. The summed E-state index contributed by atoms with van der Waals surface area (Å²) < 4.78 is 7.58. The molecule has 2 aromatic rings. The highest BCUT2D eigenvalue weighted by molar-refractivity contribution is 5.88. The highest BCUT2D eigenvalue weighted by Gasteiger charge is 2.11. The predicted octanol–water partition coefficient (Wildman–Crippen LogP) is 3.34. The number of ether oxygens (including phenoxy) is 1. The number of aromatic nitrogens is 1. The molecule has 1 aromatic heterocycles. The van der Waals surface area contributed by atoms with E-state index < -0.39 is 0 Å². The molecule has 1 aromatic carbocycles. The fraction of sp³-hybridized carbons (Fsp3) is 0.471. The lowest BCUT2D eigenvalue weighted by Crippen LogP contribution is -2.34. The Kier molecular flexibility index (Phi) is 5.26. The number of carbonyl (C=O) groups is 1. The van der Waals surface area contributed by atoms with Crippen LogP contribution in [0, 0.1) is 0 Å². The van der Waals surface area contributed by atoms with Crippen molar-refractivity contribution in [3.8, 4) is 5.75 Å². The lowest BCUT2D eigenvalue weighted by Gasteiger charge is -2.13. The molecular weight excluding hydrogens is 264 g/mol. The number of carbonyl (C=O) groups excluding carboxylic acids is 1. The van der Waals surface area contributed by atoms with Gasteiger partial charge >= 0.3 is 0 Å². The molecule has 114 valence electrons. The third kappa shape index (κ3) is 3.78. The van der Waals surface area contributed by atoms with Crippen molar-refractivity contribution in [3.05, 3.63) is 30.5 Å². The number of hydrogen-bond donors (Lipinski definition) is 1. The van der Waals surface area contributed by atoms with Gasteiger partial charge in [0, 0.05) is 17.6 Å². The van der Waals surface area contributed by atoms with Crippen LogP contribution in [0.3, 0.4) is 0 Å².